The summed E-state index contributed by atoms with van der Waals surface area (Å²) in [5.41, 5.74) is 1.79. The smallest absolute Gasteiger partial charge is 0.335 e. The van der Waals surface area contributed by atoms with Crippen molar-refractivity contribution >= 4 is 29.1 Å². The minimum atomic E-state index is -0.950. The Bertz CT molecular complexity index is 988. The minimum Gasteiger partial charge on any atom is -0.508 e. The van der Waals surface area contributed by atoms with E-state index in [1.165, 1.54) is 12.1 Å². The maximum Gasteiger partial charge on any atom is 0.335 e. The highest BCUT2D eigenvalue weighted by atomic mass is 32.1. The van der Waals surface area contributed by atoms with E-state index >= 15 is 0 Å². The molecule has 0 aliphatic heterocycles. The van der Waals surface area contributed by atoms with Gasteiger partial charge in [0.05, 0.1) is 0 Å². The van der Waals surface area contributed by atoms with Crippen LogP contribution in [-0.2, 0) is 16.0 Å². The van der Waals surface area contributed by atoms with Crippen LogP contribution in [0.25, 0.3) is 0 Å². The Labute approximate surface area is 174 Å². The Hall–Kier alpha value is -3.51. The van der Waals surface area contributed by atoms with Crippen LogP contribution in [0.2, 0.25) is 0 Å². The Kier molecular flexibility index (Phi) is 6.71. The molecule has 3 aromatic rings. The number of rotatable bonds is 6. The van der Waals surface area contributed by atoms with Gasteiger partial charge in [-0.15, -0.1) is 0 Å². The van der Waals surface area contributed by atoms with Gasteiger partial charge in [-0.1, -0.05) is 60.7 Å². The van der Waals surface area contributed by atoms with E-state index < -0.39 is 17.9 Å². The number of hydrogen-bond donors (Lipinski definition) is 2. The predicted octanol–water partition coefficient (Wildman–Crippen LogP) is 3.65. The zero-order valence-corrected chi connectivity index (χ0v) is 16.3. The summed E-state index contributed by atoms with van der Waals surface area (Å²) in [6.45, 7) is 0. The second-order valence-corrected chi connectivity index (χ2v) is 6.71. The molecule has 0 fully saturated rings. The van der Waals surface area contributed by atoms with Crippen LogP contribution in [0.1, 0.15) is 21.5 Å². The number of phenols is 1. The molecule has 0 heterocycles. The fourth-order valence-corrected chi connectivity index (χ4v) is 2.91. The molecular weight excluding hydrogens is 386 g/mol. The van der Waals surface area contributed by atoms with E-state index in [0.29, 0.717) is 11.1 Å². The summed E-state index contributed by atoms with van der Waals surface area (Å²) in [6, 6.07) is 23.0. The predicted molar refractivity (Wildman–Crippen MR) is 114 cm³/mol. The van der Waals surface area contributed by atoms with Crippen LogP contribution in [0.5, 0.6) is 5.75 Å². The van der Waals surface area contributed by atoms with E-state index in [2.05, 4.69) is 5.32 Å². The average Bonchev–Trinajstić information content (AvgIpc) is 2.76. The fraction of sp³-hybridized carbons (Fsp3) is 0.0870. The summed E-state index contributed by atoms with van der Waals surface area (Å²) >= 11 is 5.22. The first-order valence-electron chi connectivity index (χ1n) is 8.98. The lowest BCUT2D eigenvalue weighted by molar-refractivity contribution is -0.137. The quantitative estimate of drug-likeness (QED) is 0.484. The summed E-state index contributed by atoms with van der Waals surface area (Å²) in [4.78, 5) is 25.4. The van der Waals surface area contributed by atoms with E-state index in [9.17, 15) is 14.7 Å². The third kappa shape index (κ3) is 5.73. The van der Waals surface area contributed by atoms with Gasteiger partial charge in [-0.3, -0.25) is 4.79 Å². The summed E-state index contributed by atoms with van der Waals surface area (Å²) in [5.74, 6) is -0.931. The van der Waals surface area contributed by atoms with Crippen molar-refractivity contribution in [2.45, 2.75) is 12.5 Å². The van der Waals surface area contributed by atoms with Gasteiger partial charge < -0.3 is 15.2 Å². The van der Waals surface area contributed by atoms with Crippen LogP contribution in [0.3, 0.4) is 0 Å². The zero-order chi connectivity index (χ0) is 20.6. The standard InChI is InChI=1S/C23H19NO4S/c25-19-13-11-16(12-14-19)15-20(24-21(26)17-7-3-1-4-8-17)22(27)28-23(29)18-9-5-2-6-10-18/h1-14,20,25H,15H2,(H,24,26)/t20-/m0/s1. The van der Waals surface area contributed by atoms with Crippen LogP contribution in [0.4, 0.5) is 0 Å². The molecule has 1 amide bonds. The lowest BCUT2D eigenvalue weighted by atomic mass is 10.0. The Morgan fingerprint density at radius 2 is 1.41 bits per heavy atom. The molecule has 146 valence electrons. The second-order valence-electron chi connectivity index (χ2n) is 6.34. The molecule has 0 saturated heterocycles. The SMILES string of the molecule is O=C(N[C@@H](Cc1ccc(O)cc1)C(=O)OC(=S)c1ccccc1)c1ccccc1. The number of nitrogens with one attached hydrogen (secondary N) is 1. The number of benzene rings is 3. The van der Waals surface area contributed by atoms with Crippen molar-refractivity contribution < 1.29 is 19.4 Å². The van der Waals surface area contributed by atoms with Gasteiger partial charge in [0.2, 0.25) is 5.05 Å². The van der Waals surface area contributed by atoms with Gasteiger partial charge >= 0.3 is 5.97 Å². The Morgan fingerprint density at radius 3 is 2.00 bits per heavy atom. The van der Waals surface area contributed by atoms with Gasteiger partial charge in [0.25, 0.3) is 5.91 Å². The second kappa shape index (κ2) is 9.61. The van der Waals surface area contributed by atoms with Crippen molar-refractivity contribution in [3.63, 3.8) is 0 Å². The maximum atomic E-state index is 12.8. The molecule has 0 bridgehead atoms. The molecule has 0 aliphatic carbocycles. The third-order valence-electron chi connectivity index (χ3n) is 4.20. The molecule has 0 radical (unpaired) electrons. The largest absolute Gasteiger partial charge is 0.508 e. The Morgan fingerprint density at radius 1 is 0.862 bits per heavy atom. The van der Waals surface area contributed by atoms with Crippen LogP contribution in [-0.4, -0.2) is 28.1 Å². The van der Waals surface area contributed by atoms with Crippen molar-refractivity contribution in [3.05, 3.63) is 102 Å². The summed E-state index contributed by atoms with van der Waals surface area (Å²) in [5, 5.41) is 12.2. The fourth-order valence-electron chi connectivity index (χ4n) is 2.69. The normalized spacial score (nSPS) is 11.3. The molecule has 1 atom stereocenters. The molecule has 3 aromatic carbocycles. The molecule has 6 heteroatoms. The molecule has 0 saturated carbocycles. The van der Waals surface area contributed by atoms with Crippen molar-refractivity contribution in [1.29, 1.82) is 0 Å². The van der Waals surface area contributed by atoms with Crippen LogP contribution < -0.4 is 5.32 Å². The van der Waals surface area contributed by atoms with E-state index in [0.717, 1.165) is 5.56 Å². The molecular formula is C23H19NO4S. The van der Waals surface area contributed by atoms with E-state index in [1.54, 1.807) is 66.7 Å². The highest BCUT2D eigenvalue weighted by Gasteiger charge is 2.25. The number of carbonyl (C=O) groups is 2. The molecule has 29 heavy (non-hydrogen) atoms. The third-order valence-corrected chi connectivity index (χ3v) is 4.52. The topological polar surface area (TPSA) is 75.6 Å². The van der Waals surface area contributed by atoms with Gasteiger partial charge in [0, 0.05) is 17.5 Å². The average molecular weight is 405 g/mol. The first-order chi connectivity index (χ1) is 14.0. The molecule has 0 spiro atoms. The number of esters is 1. The molecule has 2 N–H and O–H groups in total. The van der Waals surface area contributed by atoms with Gasteiger partial charge in [0.15, 0.2) is 0 Å². The molecule has 3 rings (SSSR count). The van der Waals surface area contributed by atoms with Crippen molar-refractivity contribution in [2.75, 3.05) is 0 Å². The van der Waals surface area contributed by atoms with Crippen molar-refractivity contribution in [2.24, 2.45) is 0 Å². The number of aromatic hydroxyl groups is 1. The van der Waals surface area contributed by atoms with Gasteiger partial charge in [-0.05, 0) is 42.0 Å². The zero-order valence-electron chi connectivity index (χ0n) is 15.4. The summed E-state index contributed by atoms with van der Waals surface area (Å²) in [6.07, 6.45) is 0.190. The Balaban J connectivity index is 1.77. The molecule has 0 aliphatic rings. The first kappa shape index (κ1) is 20.2. The molecule has 5 nitrogen and oxygen atoms in total. The number of amides is 1. The van der Waals surface area contributed by atoms with Crippen molar-refractivity contribution in [3.8, 4) is 5.75 Å². The number of phenolic OH excluding ortho intramolecular Hbond substituents is 1. The first-order valence-corrected chi connectivity index (χ1v) is 9.38. The number of hydrogen-bond acceptors (Lipinski definition) is 5. The van der Waals surface area contributed by atoms with Gasteiger partial charge in [0.1, 0.15) is 11.8 Å². The van der Waals surface area contributed by atoms with Gasteiger partial charge in [-0.25, -0.2) is 4.79 Å². The summed E-state index contributed by atoms with van der Waals surface area (Å²) < 4.78 is 5.36. The highest BCUT2D eigenvalue weighted by molar-refractivity contribution is 7.80. The van der Waals surface area contributed by atoms with Crippen LogP contribution >= 0.6 is 12.2 Å². The minimum absolute atomic E-state index is 0.0419. The van der Waals surface area contributed by atoms with Crippen LogP contribution in [0, 0.1) is 0 Å². The summed E-state index contributed by atoms with van der Waals surface area (Å²) in [7, 11) is 0. The molecule has 0 aromatic heterocycles. The number of thiocarbonyl (C=S) groups is 1. The van der Waals surface area contributed by atoms with E-state index in [4.69, 9.17) is 17.0 Å². The monoisotopic (exact) mass is 405 g/mol. The van der Waals surface area contributed by atoms with Crippen LogP contribution in [0.15, 0.2) is 84.9 Å². The highest BCUT2D eigenvalue weighted by Crippen LogP contribution is 2.13. The molecule has 0 unspecified atom stereocenters. The lowest BCUT2D eigenvalue weighted by Crippen LogP contribution is -2.44. The number of ether oxygens (including phenoxy) is 1. The number of carbonyl (C=O) groups excluding carboxylic acids is 2. The van der Waals surface area contributed by atoms with E-state index in [-0.39, 0.29) is 17.2 Å². The van der Waals surface area contributed by atoms with E-state index in [1.807, 2.05) is 6.07 Å². The van der Waals surface area contributed by atoms with Gasteiger partial charge in [-0.2, -0.15) is 0 Å². The maximum absolute atomic E-state index is 12.8. The van der Waals surface area contributed by atoms with Crippen molar-refractivity contribution in [1.82, 2.24) is 5.32 Å². The lowest BCUT2D eigenvalue weighted by Gasteiger charge is -2.18.